The van der Waals surface area contributed by atoms with Crippen molar-refractivity contribution in [2.75, 3.05) is 7.11 Å². The molecular weight excluding hydrogens is 206 g/mol. The molecule has 1 amide bonds. The maximum absolute atomic E-state index is 11.5. The van der Waals surface area contributed by atoms with Gasteiger partial charge in [-0.2, -0.15) is 0 Å². The zero-order valence-corrected chi connectivity index (χ0v) is 9.07. The van der Waals surface area contributed by atoms with E-state index in [1.807, 2.05) is 30.3 Å². The molecule has 2 unspecified atom stereocenters. The van der Waals surface area contributed by atoms with Crippen LogP contribution in [0.3, 0.4) is 0 Å². The van der Waals surface area contributed by atoms with Gasteiger partial charge in [0.05, 0.1) is 7.11 Å². The van der Waals surface area contributed by atoms with Gasteiger partial charge in [-0.15, -0.1) is 0 Å². The molecule has 0 aliphatic carbocycles. The van der Waals surface area contributed by atoms with Gasteiger partial charge in [-0.3, -0.25) is 9.63 Å². The first-order chi connectivity index (χ1) is 7.81. The first-order valence-electron chi connectivity index (χ1n) is 5.20. The van der Waals surface area contributed by atoms with Crippen LogP contribution < -0.4 is 16.3 Å². The standard InChI is InChI=1S/C11H15N3O2/c1-16-14-11(15)10-7-9(12-13-10)8-5-3-2-4-6-8/h2-6,9-10,12-13H,7H2,1H3,(H,14,15). The lowest BCUT2D eigenvalue weighted by Gasteiger charge is -2.09. The number of carbonyl (C=O) groups is 1. The smallest absolute Gasteiger partial charge is 0.262 e. The molecule has 1 aromatic carbocycles. The van der Waals surface area contributed by atoms with E-state index in [-0.39, 0.29) is 18.0 Å². The Bertz CT molecular complexity index is 356. The average Bonchev–Trinajstić information content (AvgIpc) is 2.80. The minimum Gasteiger partial charge on any atom is -0.277 e. The molecule has 0 radical (unpaired) electrons. The average molecular weight is 221 g/mol. The molecule has 16 heavy (non-hydrogen) atoms. The molecule has 2 atom stereocenters. The molecule has 1 heterocycles. The fourth-order valence-corrected chi connectivity index (χ4v) is 1.80. The Balaban J connectivity index is 1.96. The van der Waals surface area contributed by atoms with Crippen LogP contribution in [0.15, 0.2) is 30.3 Å². The van der Waals surface area contributed by atoms with Crippen molar-refractivity contribution in [1.82, 2.24) is 16.3 Å². The van der Waals surface area contributed by atoms with Gasteiger partial charge >= 0.3 is 0 Å². The SMILES string of the molecule is CONC(=O)C1CC(c2ccccc2)NN1. The Morgan fingerprint density at radius 3 is 2.81 bits per heavy atom. The second kappa shape index (κ2) is 5.07. The van der Waals surface area contributed by atoms with E-state index in [2.05, 4.69) is 21.2 Å². The highest BCUT2D eigenvalue weighted by atomic mass is 16.6. The second-order valence-electron chi connectivity index (χ2n) is 3.71. The molecule has 0 saturated carbocycles. The van der Waals surface area contributed by atoms with Crippen molar-refractivity contribution < 1.29 is 9.63 Å². The molecule has 2 rings (SSSR count). The summed E-state index contributed by atoms with van der Waals surface area (Å²) in [7, 11) is 1.43. The van der Waals surface area contributed by atoms with E-state index in [4.69, 9.17) is 0 Å². The quantitative estimate of drug-likeness (QED) is 0.641. The lowest BCUT2D eigenvalue weighted by Crippen LogP contribution is -2.42. The molecule has 0 aromatic heterocycles. The van der Waals surface area contributed by atoms with Gasteiger partial charge < -0.3 is 0 Å². The summed E-state index contributed by atoms with van der Waals surface area (Å²) >= 11 is 0. The number of carbonyl (C=O) groups excluding carboxylic acids is 1. The van der Waals surface area contributed by atoms with Crippen molar-refractivity contribution in [3.05, 3.63) is 35.9 Å². The van der Waals surface area contributed by atoms with Gasteiger partial charge in [-0.25, -0.2) is 16.3 Å². The minimum atomic E-state index is -0.259. The minimum absolute atomic E-state index is 0.159. The number of hydrogen-bond acceptors (Lipinski definition) is 4. The van der Waals surface area contributed by atoms with Crippen LogP contribution in [0.5, 0.6) is 0 Å². The summed E-state index contributed by atoms with van der Waals surface area (Å²) in [5.41, 5.74) is 9.53. The van der Waals surface area contributed by atoms with Crippen LogP contribution >= 0.6 is 0 Å². The van der Waals surface area contributed by atoms with Gasteiger partial charge in [-0.05, 0) is 12.0 Å². The van der Waals surface area contributed by atoms with Crippen molar-refractivity contribution in [2.24, 2.45) is 0 Å². The van der Waals surface area contributed by atoms with Gasteiger partial charge in [0.15, 0.2) is 0 Å². The van der Waals surface area contributed by atoms with Crippen LogP contribution in [0, 0.1) is 0 Å². The molecule has 0 spiro atoms. The maximum atomic E-state index is 11.5. The third-order valence-corrected chi connectivity index (χ3v) is 2.62. The zero-order chi connectivity index (χ0) is 11.4. The molecule has 1 fully saturated rings. The van der Waals surface area contributed by atoms with E-state index < -0.39 is 0 Å². The van der Waals surface area contributed by atoms with Crippen molar-refractivity contribution in [3.63, 3.8) is 0 Å². The van der Waals surface area contributed by atoms with Gasteiger partial charge in [0.25, 0.3) is 5.91 Å². The van der Waals surface area contributed by atoms with Crippen LogP contribution in [0.1, 0.15) is 18.0 Å². The van der Waals surface area contributed by atoms with E-state index in [0.29, 0.717) is 6.42 Å². The Morgan fingerprint density at radius 2 is 2.12 bits per heavy atom. The molecule has 86 valence electrons. The Morgan fingerprint density at radius 1 is 1.38 bits per heavy atom. The third-order valence-electron chi connectivity index (χ3n) is 2.62. The van der Waals surface area contributed by atoms with Crippen LogP contribution in [-0.2, 0) is 9.63 Å². The number of benzene rings is 1. The second-order valence-corrected chi connectivity index (χ2v) is 3.71. The Labute approximate surface area is 94.1 Å². The van der Waals surface area contributed by atoms with Crippen LogP contribution in [0.4, 0.5) is 0 Å². The Kier molecular flexibility index (Phi) is 3.51. The Hall–Kier alpha value is -1.43. The summed E-state index contributed by atoms with van der Waals surface area (Å²) in [6, 6.07) is 9.92. The van der Waals surface area contributed by atoms with E-state index >= 15 is 0 Å². The molecule has 1 aromatic rings. The summed E-state index contributed by atoms with van der Waals surface area (Å²) in [5.74, 6) is -0.159. The fraction of sp³-hybridized carbons (Fsp3) is 0.364. The summed E-state index contributed by atoms with van der Waals surface area (Å²) < 4.78 is 0. The summed E-state index contributed by atoms with van der Waals surface area (Å²) in [4.78, 5) is 16.1. The van der Waals surface area contributed by atoms with Crippen molar-refractivity contribution in [3.8, 4) is 0 Å². The molecule has 5 nitrogen and oxygen atoms in total. The van der Waals surface area contributed by atoms with Crippen LogP contribution in [0.2, 0.25) is 0 Å². The number of hydrogen-bond donors (Lipinski definition) is 3. The summed E-state index contributed by atoms with van der Waals surface area (Å²) in [5, 5.41) is 0. The number of hydroxylamine groups is 1. The van der Waals surface area contributed by atoms with Gasteiger partial charge in [0.1, 0.15) is 6.04 Å². The number of nitrogens with one attached hydrogen (secondary N) is 3. The highest BCUT2D eigenvalue weighted by Crippen LogP contribution is 2.21. The van der Waals surface area contributed by atoms with Crippen molar-refractivity contribution in [2.45, 2.75) is 18.5 Å². The highest BCUT2D eigenvalue weighted by molar-refractivity contribution is 5.81. The maximum Gasteiger partial charge on any atom is 0.262 e. The third kappa shape index (κ3) is 2.38. The van der Waals surface area contributed by atoms with Crippen LogP contribution in [0.25, 0.3) is 0 Å². The van der Waals surface area contributed by atoms with Gasteiger partial charge in [-0.1, -0.05) is 30.3 Å². The predicted octanol–water partition coefficient (Wildman–Crippen LogP) is 0.272. The largest absolute Gasteiger partial charge is 0.277 e. The number of rotatable bonds is 3. The summed E-state index contributed by atoms with van der Waals surface area (Å²) in [6.07, 6.45) is 0.708. The lowest BCUT2D eigenvalue weighted by molar-refractivity contribution is -0.133. The van der Waals surface area contributed by atoms with E-state index in [9.17, 15) is 4.79 Å². The molecule has 5 heteroatoms. The van der Waals surface area contributed by atoms with Gasteiger partial charge in [0, 0.05) is 6.04 Å². The summed E-state index contributed by atoms with van der Waals surface area (Å²) in [6.45, 7) is 0. The molecule has 3 N–H and O–H groups in total. The molecule has 0 bridgehead atoms. The van der Waals surface area contributed by atoms with E-state index in [1.165, 1.54) is 12.7 Å². The first kappa shape index (κ1) is 11.1. The zero-order valence-electron chi connectivity index (χ0n) is 9.07. The lowest BCUT2D eigenvalue weighted by atomic mass is 10.0. The van der Waals surface area contributed by atoms with E-state index in [0.717, 1.165) is 0 Å². The highest BCUT2D eigenvalue weighted by Gasteiger charge is 2.29. The van der Waals surface area contributed by atoms with Gasteiger partial charge in [0.2, 0.25) is 0 Å². The van der Waals surface area contributed by atoms with E-state index in [1.54, 1.807) is 0 Å². The molecule has 1 aliphatic heterocycles. The van der Waals surface area contributed by atoms with Crippen molar-refractivity contribution >= 4 is 5.91 Å². The number of amides is 1. The molecule has 1 aliphatic rings. The van der Waals surface area contributed by atoms with Crippen LogP contribution in [-0.4, -0.2) is 19.1 Å². The van der Waals surface area contributed by atoms with Crippen molar-refractivity contribution in [1.29, 1.82) is 0 Å². The molecule has 1 saturated heterocycles. The topological polar surface area (TPSA) is 62.4 Å². The monoisotopic (exact) mass is 221 g/mol. The number of hydrazine groups is 1. The normalized spacial score (nSPS) is 24.3. The fourth-order valence-electron chi connectivity index (χ4n) is 1.80. The molecular formula is C11H15N3O2. The predicted molar refractivity (Wildman–Crippen MR) is 59.0 cm³/mol. The first-order valence-corrected chi connectivity index (χ1v) is 5.20.